The van der Waals surface area contributed by atoms with Crippen molar-refractivity contribution in [2.45, 2.75) is 65.8 Å². The quantitative estimate of drug-likeness (QED) is 0.686. The van der Waals surface area contributed by atoms with Crippen molar-refractivity contribution < 1.29 is 9.90 Å². The molecule has 18 heavy (non-hydrogen) atoms. The molecule has 1 N–H and O–H groups in total. The Morgan fingerprint density at radius 1 is 1.28 bits per heavy atom. The molecule has 0 aromatic rings. The average molecular weight is 255 g/mol. The van der Waals surface area contributed by atoms with Crippen LogP contribution in [0.25, 0.3) is 0 Å². The van der Waals surface area contributed by atoms with E-state index in [0.717, 1.165) is 38.8 Å². The number of carboxylic acids is 1. The highest BCUT2D eigenvalue weighted by Gasteiger charge is 2.46. The van der Waals surface area contributed by atoms with Gasteiger partial charge in [0, 0.05) is 19.1 Å². The molecular weight excluding hydrogens is 226 g/mol. The Bertz CT molecular complexity index is 268. The van der Waals surface area contributed by atoms with Crippen LogP contribution in [-0.2, 0) is 4.79 Å². The number of carbonyl (C=O) groups is 1. The van der Waals surface area contributed by atoms with Crippen LogP contribution in [0.3, 0.4) is 0 Å². The SMILES string of the molecule is CCC(CC)N(CC(C)C)CC1(CC(=O)O)CC1. The standard InChI is InChI=1S/C15H29NO2/c1-5-13(6-2)16(10-12(3)4)11-15(7-8-15)9-14(17)18/h12-13H,5-11H2,1-4H3,(H,17,18). The van der Waals surface area contributed by atoms with Crippen LogP contribution in [0.4, 0.5) is 0 Å². The van der Waals surface area contributed by atoms with Crippen molar-refractivity contribution >= 4 is 5.97 Å². The van der Waals surface area contributed by atoms with Gasteiger partial charge in [-0.15, -0.1) is 0 Å². The van der Waals surface area contributed by atoms with E-state index in [1.165, 1.54) is 0 Å². The second kappa shape index (κ2) is 6.55. The fraction of sp³-hybridized carbons (Fsp3) is 0.933. The van der Waals surface area contributed by atoms with Gasteiger partial charge in [-0.1, -0.05) is 27.7 Å². The van der Waals surface area contributed by atoms with Crippen molar-refractivity contribution in [1.29, 1.82) is 0 Å². The van der Waals surface area contributed by atoms with Gasteiger partial charge >= 0.3 is 5.97 Å². The molecule has 0 atom stereocenters. The third-order valence-electron chi connectivity index (χ3n) is 4.08. The van der Waals surface area contributed by atoms with E-state index < -0.39 is 5.97 Å². The van der Waals surface area contributed by atoms with E-state index in [2.05, 4.69) is 32.6 Å². The topological polar surface area (TPSA) is 40.5 Å². The van der Waals surface area contributed by atoms with Gasteiger partial charge < -0.3 is 5.11 Å². The summed E-state index contributed by atoms with van der Waals surface area (Å²) in [6, 6.07) is 0.610. The molecule has 0 amide bonds. The van der Waals surface area contributed by atoms with Crippen LogP contribution >= 0.6 is 0 Å². The molecule has 0 spiro atoms. The zero-order chi connectivity index (χ0) is 13.8. The summed E-state index contributed by atoms with van der Waals surface area (Å²) in [5, 5.41) is 9.02. The van der Waals surface area contributed by atoms with Crippen molar-refractivity contribution in [2.24, 2.45) is 11.3 Å². The molecule has 0 aromatic heterocycles. The van der Waals surface area contributed by atoms with Gasteiger partial charge in [0.05, 0.1) is 6.42 Å². The maximum Gasteiger partial charge on any atom is 0.303 e. The van der Waals surface area contributed by atoms with E-state index in [0.29, 0.717) is 18.4 Å². The minimum atomic E-state index is -0.637. The largest absolute Gasteiger partial charge is 0.481 e. The summed E-state index contributed by atoms with van der Waals surface area (Å²) in [6.07, 6.45) is 4.85. The molecule has 0 aromatic carbocycles. The predicted octanol–water partition coefficient (Wildman–Crippen LogP) is 3.39. The smallest absolute Gasteiger partial charge is 0.303 e. The molecule has 0 heterocycles. The number of rotatable bonds is 9. The lowest BCUT2D eigenvalue weighted by molar-refractivity contribution is -0.138. The zero-order valence-corrected chi connectivity index (χ0v) is 12.4. The van der Waals surface area contributed by atoms with Gasteiger partial charge in [0.2, 0.25) is 0 Å². The van der Waals surface area contributed by atoms with Crippen LogP contribution < -0.4 is 0 Å². The van der Waals surface area contributed by atoms with Gasteiger partial charge in [-0.2, -0.15) is 0 Å². The fourth-order valence-corrected chi connectivity index (χ4v) is 2.94. The third kappa shape index (κ3) is 4.60. The number of hydrogen-bond donors (Lipinski definition) is 1. The Labute approximate surface area is 112 Å². The monoisotopic (exact) mass is 255 g/mol. The van der Waals surface area contributed by atoms with E-state index in [4.69, 9.17) is 5.11 Å². The van der Waals surface area contributed by atoms with Crippen molar-refractivity contribution in [3.63, 3.8) is 0 Å². The minimum Gasteiger partial charge on any atom is -0.481 e. The molecule has 3 nitrogen and oxygen atoms in total. The number of nitrogens with zero attached hydrogens (tertiary/aromatic N) is 1. The van der Waals surface area contributed by atoms with Crippen LogP contribution in [0.1, 0.15) is 59.8 Å². The predicted molar refractivity (Wildman–Crippen MR) is 74.7 cm³/mol. The van der Waals surface area contributed by atoms with Crippen molar-refractivity contribution in [3.8, 4) is 0 Å². The summed E-state index contributed by atoms with van der Waals surface area (Å²) >= 11 is 0. The summed E-state index contributed by atoms with van der Waals surface area (Å²) < 4.78 is 0. The molecular formula is C15H29NO2. The lowest BCUT2D eigenvalue weighted by Gasteiger charge is -2.34. The first kappa shape index (κ1) is 15.5. The Hall–Kier alpha value is -0.570. The van der Waals surface area contributed by atoms with E-state index in [1.54, 1.807) is 0 Å². The first-order chi connectivity index (χ1) is 8.42. The highest BCUT2D eigenvalue weighted by atomic mass is 16.4. The van der Waals surface area contributed by atoms with E-state index in [1.807, 2.05) is 0 Å². The molecule has 3 heteroatoms. The van der Waals surface area contributed by atoms with Gasteiger partial charge in [0.25, 0.3) is 0 Å². The van der Waals surface area contributed by atoms with E-state index >= 15 is 0 Å². The molecule has 0 radical (unpaired) electrons. The summed E-state index contributed by atoms with van der Waals surface area (Å²) in [4.78, 5) is 13.5. The van der Waals surface area contributed by atoms with Crippen LogP contribution in [0.5, 0.6) is 0 Å². The van der Waals surface area contributed by atoms with E-state index in [9.17, 15) is 4.79 Å². The van der Waals surface area contributed by atoms with Crippen LogP contribution in [0, 0.1) is 11.3 Å². The maximum absolute atomic E-state index is 10.9. The van der Waals surface area contributed by atoms with Gasteiger partial charge in [-0.3, -0.25) is 9.69 Å². The second-order valence-corrected chi connectivity index (χ2v) is 6.36. The van der Waals surface area contributed by atoms with Crippen LogP contribution in [-0.4, -0.2) is 35.1 Å². The summed E-state index contributed by atoms with van der Waals surface area (Å²) in [5.41, 5.74) is 0.0866. The maximum atomic E-state index is 10.9. The summed E-state index contributed by atoms with van der Waals surface area (Å²) in [6.45, 7) is 11.0. The Morgan fingerprint density at radius 3 is 2.17 bits per heavy atom. The number of carboxylic acid groups (broad SMARTS) is 1. The molecule has 1 rings (SSSR count). The summed E-state index contributed by atoms with van der Waals surface area (Å²) in [5.74, 6) is 0.00720. The molecule has 0 aliphatic heterocycles. The van der Waals surface area contributed by atoms with Gasteiger partial charge in [0.15, 0.2) is 0 Å². The Morgan fingerprint density at radius 2 is 1.83 bits per heavy atom. The average Bonchev–Trinajstić information content (AvgIpc) is 2.97. The van der Waals surface area contributed by atoms with Crippen molar-refractivity contribution in [3.05, 3.63) is 0 Å². The van der Waals surface area contributed by atoms with Crippen LogP contribution in [0.15, 0.2) is 0 Å². The van der Waals surface area contributed by atoms with Crippen LogP contribution in [0.2, 0.25) is 0 Å². The number of aliphatic carboxylic acids is 1. The molecule has 0 bridgehead atoms. The van der Waals surface area contributed by atoms with Gasteiger partial charge in [-0.05, 0) is 37.0 Å². The summed E-state index contributed by atoms with van der Waals surface area (Å²) in [7, 11) is 0. The van der Waals surface area contributed by atoms with E-state index in [-0.39, 0.29) is 5.41 Å². The highest BCUT2D eigenvalue weighted by Crippen LogP contribution is 2.49. The Balaban J connectivity index is 2.63. The normalized spacial score (nSPS) is 17.7. The third-order valence-corrected chi connectivity index (χ3v) is 4.08. The molecule has 1 fully saturated rings. The van der Waals surface area contributed by atoms with Gasteiger partial charge in [-0.25, -0.2) is 0 Å². The minimum absolute atomic E-state index is 0.0866. The molecule has 106 valence electrons. The molecule has 1 saturated carbocycles. The molecule has 1 aliphatic rings. The van der Waals surface area contributed by atoms with Crippen molar-refractivity contribution in [1.82, 2.24) is 4.90 Å². The number of hydrogen-bond acceptors (Lipinski definition) is 2. The first-order valence-electron chi connectivity index (χ1n) is 7.38. The lowest BCUT2D eigenvalue weighted by atomic mass is 9.98. The lowest BCUT2D eigenvalue weighted by Crippen LogP contribution is -2.41. The van der Waals surface area contributed by atoms with Gasteiger partial charge in [0.1, 0.15) is 0 Å². The molecule has 0 saturated heterocycles. The second-order valence-electron chi connectivity index (χ2n) is 6.36. The molecule has 1 aliphatic carbocycles. The highest BCUT2D eigenvalue weighted by molar-refractivity contribution is 5.68. The Kier molecular flexibility index (Phi) is 5.64. The first-order valence-corrected chi connectivity index (χ1v) is 7.38. The zero-order valence-electron chi connectivity index (χ0n) is 12.4. The van der Waals surface area contributed by atoms with Crippen molar-refractivity contribution in [2.75, 3.05) is 13.1 Å². The fourth-order valence-electron chi connectivity index (χ4n) is 2.94. The molecule has 0 unspecified atom stereocenters.